The van der Waals surface area contributed by atoms with Crippen LogP contribution in [0.3, 0.4) is 0 Å². The summed E-state index contributed by atoms with van der Waals surface area (Å²) in [6.07, 6.45) is -0.273. The van der Waals surface area contributed by atoms with Crippen LogP contribution in [0.25, 0.3) is 0 Å². The third kappa shape index (κ3) is 4.75. The maximum Gasteiger partial charge on any atom is 0.252 e. The number of carbonyl (C=O) groups excluding carboxylic acids is 3. The summed E-state index contributed by atoms with van der Waals surface area (Å²) in [5, 5.41) is 2.62. The molecule has 1 saturated heterocycles. The fourth-order valence-corrected chi connectivity index (χ4v) is 5.45. The number of hydrogen-bond donors (Lipinski definition) is 1. The lowest BCUT2D eigenvalue weighted by atomic mass is 10.2. The minimum atomic E-state index is -4.08. The van der Waals surface area contributed by atoms with Gasteiger partial charge in [-0.2, -0.15) is 4.31 Å². The molecule has 8 nitrogen and oxygen atoms in total. The molecule has 34 heavy (non-hydrogen) atoms. The summed E-state index contributed by atoms with van der Waals surface area (Å²) in [4.78, 5) is 38.6. The van der Waals surface area contributed by atoms with Gasteiger partial charge < -0.3 is 5.32 Å². The number of carbonyl (C=O) groups is 3. The fraction of sp³-hybridized carbons (Fsp3) is 0.160. The van der Waals surface area contributed by atoms with Crippen molar-refractivity contribution < 1.29 is 22.8 Å². The van der Waals surface area contributed by atoms with Crippen LogP contribution in [0.4, 0.5) is 11.4 Å². The SMILES string of the molecule is CC(=O)Nc1ccc(N2C(=O)CC(N(Cc3ccccc3)S(=O)(=O)c3ccccc3)C2=O)cc1. The van der Waals surface area contributed by atoms with Crippen LogP contribution in [-0.4, -0.2) is 36.5 Å². The highest BCUT2D eigenvalue weighted by atomic mass is 32.2. The summed E-state index contributed by atoms with van der Waals surface area (Å²) in [5.41, 5.74) is 1.52. The number of sulfonamides is 1. The first kappa shape index (κ1) is 23.3. The molecule has 0 aromatic heterocycles. The molecular formula is C25H23N3O5S. The van der Waals surface area contributed by atoms with Crippen LogP contribution in [0, 0.1) is 0 Å². The Labute approximate surface area is 197 Å². The van der Waals surface area contributed by atoms with E-state index in [0.29, 0.717) is 16.9 Å². The first-order valence-corrected chi connectivity index (χ1v) is 12.1. The average molecular weight is 478 g/mol. The molecule has 3 amide bonds. The predicted octanol–water partition coefficient (Wildman–Crippen LogP) is 3.17. The molecule has 1 heterocycles. The van der Waals surface area contributed by atoms with E-state index >= 15 is 0 Å². The van der Waals surface area contributed by atoms with Gasteiger partial charge in [0.25, 0.3) is 5.91 Å². The van der Waals surface area contributed by atoms with E-state index in [0.717, 1.165) is 9.21 Å². The van der Waals surface area contributed by atoms with Gasteiger partial charge in [-0.05, 0) is 42.0 Å². The summed E-state index contributed by atoms with van der Waals surface area (Å²) >= 11 is 0. The predicted molar refractivity (Wildman–Crippen MR) is 127 cm³/mol. The second kappa shape index (κ2) is 9.58. The molecule has 0 radical (unpaired) electrons. The van der Waals surface area contributed by atoms with Gasteiger partial charge >= 0.3 is 0 Å². The van der Waals surface area contributed by atoms with Crippen LogP contribution in [0.5, 0.6) is 0 Å². The molecule has 0 aliphatic carbocycles. The van der Waals surface area contributed by atoms with Crippen LogP contribution >= 0.6 is 0 Å². The quantitative estimate of drug-likeness (QED) is 0.527. The normalized spacial score (nSPS) is 16.2. The van der Waals surface area contributed by atoms with Crippen LogP contribution in [0.2, 0.25) is 0 Å². The van der Waals surface area contributed by atoms with Crippen molar-refractivity contribution in [3.05, 3.63) is 90.5 Å². The molecule has 174 valence electrons. The van der Waals surface area contributed by atoms with E-state index in [-0.39, 0.29) is 23.8 Å². The number of hydrogen-bond acceptors (Lipinski definition) is 5. The molecular weight excluding hydrogens is 454 g/mol. The summed E-state index contributed by atoms with van der Waals surface area (Å²) in [6.45, 7) is 1.32. The highest BCUT2D eigenvalue weighted by Crippen LogP contribution is 2.31. The number of rotatable bonds is 7. The van der Waals surface area contributed by atoms with Crippen molar-refractivity contribution in [2.45, 2.75) is 30.8 Å². The van der Waals surface area contributed by atoms with Gasteiger partial charge in [0.1, 0.15) is 6.04 Å². The summed E-state index contributed by atoms with van der Waals surface area (Å²) in [6, 6.07) is 21.8. The third-order valence-electron chi connectivity index (χ3n) is 5.45. The van der Waals surface area contributed by atoms with Crippen molar-refractivity contribution >= 4 is 39.1 Å². The monoisotopic (exact) mass is 477 g/mol. The lowest BCUT2D eigenvalue weighted by Crippen LogP contribution is -2.45. The second-order valence-electron chi connectivity index (χ2n) is 7.86. The minimum Gasteiger partial charge on any atom is -0.326 e. The Morgan fingerprint density at radius 1 is 0.941 bits per heavy atom. The molecule has 0 saturated carbocycles. The minimum absolute atomic E-state index is 0.0456. The van der Waals surface area contributed by atoms with E-state index in [1.165, 1.54) is 31.2 Å². The van der Waals surface area contributed by atoms with Crippen LogP contribution in [0.15, 0.2) is 89.8 Å². The van der Waals surface area contributed by atoms with E-state index < -0.39 is 27.9 Å². The number of anilines is 2. The van der Waals surface area contributed by atoms with Crippen molar-refractivity contribution in [1.82, 2.24) is 4.31 Å². The van der Waals surface area contributed by atoms with Crippen molar-refractivity contribution in [1.29, 1.82) is 0 Å². The van der Waals surface area contributed by atoms with Crippen LogP contribution in [-0.2, 0) is 31.0 Å². The molecule has 1 fully saturated rings. The molecule has 3 aromatic carbocycles. The average Bonchev–Trinajstić information content (AvgIpc) is 3.12. The van der Waals surface area contributed by atoms with Gasteiger partial charge in [0.05, 0.1) is 17.0 Å². The molecule has 0 spiro atoms. The van der Waals surface area contributed by atoms with Gasteiger partial charge in [0, 0.05) is 19.2 Å². The van der Waals surface area contributed by atoms with Gasteiger partial charge in [-0.25, -0.2) is 13.3 Å². The van der Waals surface area contributed by atoms with Gasteiger partial charge in [-0.3, -0.25) is 14.4 Å². The van der Waals surface area contributed by atoms with E-state index in [4.69, 9.17) is 0 Å². The highest BCUT2D eigenvalue weighted by molar-refractivity contribution is 7.89. The molecule has 1 unspecified atom stereocenters. The lowest BCUT2D eigenvalue weighted by molar-refractivity contribution is -0.122. The second-order valence-corrected chi connectivity index (χ2v) is 9.75. The van der Waals surface area contributed by atoms with Crippen molar-refractivity contribution in [2.24, 2.45) is 0 Å². The Morgan fingerprint density at radius 2 is 1.53 bits per heavy atom. The van der Waals surface area contributed by atoms with Crippen molar-refractivity contribution in [2.75, 3.05) is 10.2 Å². The first-order valence-electron chi connectivity index (χ1n) is 10.6. The Kier molecular flexibility index (Phi) is 6.58. The van der Waals surface area contributed by atoms with E-state index in [1.807, 2.05) is 6.07 Å². The number of nitrogens with zero attached hydrogens (tertiary/aromatic N) is 2. The molecule has 0 bridgehead atoms. The van der Waals surface area contributed by atoms with Crippen molar-refractivity contribution in [3.8, 4) is 0 Å². The summed E-state index contributed by atoms with van der Waals surface area (Å²) < 4.78 is 28.2. The summed E-state index contributed by atoms with van der Waals surface area (Å²) in [5.74, 6) is -1.36. The van der Waals surface area contributed by atoms with Gasteiger partial charge in [0.15, 0.2) is 0 Å². The standard InChI is InChI=1S/C25H23N3O5S/c1-18(29)26-20-12-14-21(15-13-20)28-24(30)16-23(25(28)31)27(17-19-8-4-2-5-9-19)34(32,33)22-10-6-3-7-11-22/h2-15,23H,16-17H2,1H3,(H,26,29). The topological polar surface area (TPSA) is 104 Å². The fourth-order valence-electron chi connectivity index (χ4n) is 3.86. The Hall–Kier alpha value is -3.82. The van der Waals surface area contributed by atoms with Crippen LogP contribution < -0.4 is 10.2 Å². The Morgan fingerprint density at radius 3 is 2.12 bits per heavy atom. The number of benzene rings is 3. The van der Waals surface area contributed by atoms with Gasteiger partial charge in [-0.1, -0.05) is 48.5 Å². The molecule has 9 heteroatoms. The molecule has 1 N–H and O–H groups in total. The number of amides is 3. The molecule has 4 rings (SSSR count). The Bertz CT molecular complexity index is 1310. The summed E-state index contributed by atoms with van der Waals surface area (Å²) in [7, 11) is -4.08. The van der Waals surface area contributed by atoms with E-state index in [2.05, 4.69) is 5.32 Å². The van der Waals surface area contributed by atoms with E-state index in [1.54, 1.807) is 54.6 Å². The Balaban J connectivity index is 1.68. The highest BCUT2D eigenvalue weighted by Gasteiger charge is 2.46. The molecule has 1 aliphatic heterocycles. The van der Waals surface area contributed by atoms with Crippen LogP contribution in [0.1, 0.15) is 18.9 Å². The molecule has 1 aliphatic rings. The first-order chi connectivity index (χ1) is 16.3. The van der Waals surface area contributed by atoms with E-state index in [9.17, 15) is 22.8 Å². The third-order valence-corrected chi connectivity index (χ3v) is 7.32. The largest absolute Gasteiger partial charge is 0.326 e. The van der Waals surface area contributed by atoms with Crippen molar-refractivity contribution in [3.63, 3.8) is 0 Å². The molecule has 1 atom stereocenters. The smallest absolute Gasteiger partial charge is 0.252 e. The maximum absolute atomic E-state index is 13.6. The maximum atomic E-state index is 13.6. The number of imide groups is 1. The lowest BCUT2D eigenvalue weighted by Gasteiger charge is -2.27. The number of nitrogens with one attached hydrogen (secondary N) is 1. The zero-order valence-electron chi connectivity index (χ0n) is 18.4. The molecule has 3 aromatic rings. The van der Waals surface area contributed by atoms with Gasteiger partial charge in [-0.15, -0.1) is 0 Å². The van der Waals surface area contributed by atoms with Gasteiger partial charge in [0.2, 0.25) is 21.8 Å². The zero-order chi connectivity index (χ0) is 24.3. The zero-order valence-corrected chi connectivity index (χ0v) is 19.2.